The molecular formula is C23H28BrN3O2S. The lowest BCUT2D eigenvalue weighted by Crippen LogP contribution is -2.38. The van der Waals surface area contributed by atoms with Crippen LogP contribution in [0.1, 0.15) is 38.1 Å². The first kappa shape index (κ1) is 22.7. The molecule has 0 saturated carbocycles. The molecular weight excluding hydrogens is 462 g/mol. The molecule has 3 aromatic rings. The lowest BCUT2D eigenvalue weighted by Gasteiger charge is -2.24. The van der Waals surface area contributed by atoms with Gasteiger partial charge in [0, 0.05) is 23.1 Å². The van der Waals surface area contributed by atoms with Crippen molar-refractivity contribution in [1.82, 2.24) is 9.88 Å². The topological polar surface area (TPSA) is 45.7 Å². The second-order valence-electron chi connectivity index (χ2n) is 7.28. The minimum atomic E-state index is -0.0450. The first-order chi connectivity index (χ1) is 14.4. The summed E-state index contributed by atoms with van der Waals surface area (Å²) in [4.78, 5) is 22.3. The standard InChI is InChI=1S/C23H28BrN3O2S/c1-5-26(6-2)13-14-27(23-25-20-12-9-18(24)15-21(20)30-23)22(28)17-7-10-19(11-8-17)29-16(3)4/h7-12,15-16H,5-6,13-14H2,1-4H3. The van der Waals surface area contributed by atoms with Crippen molar-refractivity contribution in [1.29, 1.82) is 0 Å². The highest BCUT2D eigenvalue weighted by Gasteiger charge is 2.22. The van der Waals surface area contributed by atoms with Crippen molar-refractivity contribution in [2.75, 3.05) is 31.1 Å². The molecule has 2 aromatic carbocycles. The second kappa shape index (κ2) is 10.4. The minimum absolute atomic E-state index is 0.0450. The van der Waals surface area contributed by atoms with Gasteiger partial charge in [-0.1, -0.05) is 41.1 Å². The fourth-order valence-corrected chi connectivity index (χ4v) is 4.71. The number of thiazole rings is 1. The summed E-state index contributed by atoms with van der Waals surface area (Å²) in [6.45, 7) is 11.5. The Morgan fingerprint density at radius 2 is 1.80 bits per heavy atom. The third-order valence-corrected chi connectivity index (χ3v) is 6.36. The van der Waals surface area contributed by atoms with Crippen LogP contribution in [0.2, 0.25) is 0 Å². The summed E-state index contributed by atoms with van der Waals surface area (Å²) < 4.78 is 7.77. The number of aromatic nitrogens is 1. The average Bonchev–Trinajstić information content (AvgIpc) is 3.13. The predicted molar refractivity (Wildman–Crippen MR) is 129 cm³/mol. The molecule has 0 fully saturated rings. The summed E-state index contributed by atoms with van der Waals surface area (Å²) in [6, 6.07) is 13.4. The molecule has 0 N–H and O–H groups in total. The summed E-state index contributed by atoms with van der Waals surface area (Å²) in [5.74, 6) is 0.720. The van der Waals surface area contributed by atoms with Crippen LogP contribution in [0.25, 0.3) is 10.2 Å². The molecule has 3 rings (SSSR count). The molecule has 0 aliphatic rings. The maximum Gasteiger partial charge on any atom is 0.260 e. The normalized spacial score (nSPS) is 11.4. The fourth-order valence-electron chi connectivity index (χ4n) is 3.17. The molecule has 30 heavy (non-hydrogen) atoms. The van der Waals surface area contributed by atoms with Gasteiger partial charge in [0.1, 0.15) is 5.75 Å². The van der Waals surface area contributed by atoms with Gasteiger partial charge in [-0.3, -0.25) is 9.69 Å². The molecule has 5 nitrogen and oxygen atoms in total. The van der Waals surface area contributed by atoms with Gasteiger partial charge in [0.25, 0.3) is 5.91 Å². The minimum Gasteiger partial charge on any atom is -0.491 e. The van der Waals surface area contributed by atoms with Gasteiger partial charge in [0.15, 0.2) is 5.13 Å². The van der Waals surface area contributed by atoms with Gasteiger partial charge in [0.2, 0.25) is 0 Å². The first-order valence-corrected chi connectivity index (χ1v) is 11.9. The van der Waals surface area contributed by atoms with E-state index in [1.54, 1.807) is 16.2 Å². The highest BCUT2D eigenvalue weighted by molar-refractivity contribution is 9.10. The van der Waals surface area contributed by atoms with E-state index in [0.717, 1.165) is 45.2 Å². The number of anilines is 1. The van der Waals surface area contributed by atoms with Gasteiger partial charge in [-0.05, 0) is 69.4 Å². The molecule has 1 heterocycles. The van der Waals surface area contributed by atoms with Crippen molar-refractivity contribution in [3.63, 3.8) is 0 Å². The second-order valence-corrected chi connectivity index (χ2v) is 9.21. The van der Waals surface area contributed by atoms with Crippen molar-refractivity contribution in [3.8, 4) is 5.75 Å². The largest absolute Gasteiger partial charge is 0.491 e. The Balaban J connectivity index is 1.90. The van der Waals surface area contributed by atoms with Crippen LogP contribution in [0.4, 0.5) is 5.13 Å². The van der Waals surface area contributed by atoms with Crippen molar-refractivity contribution in [2.24, 2.45) is 0 Å². The summed E-state index contributed by atoms with van der Waals surface area (Å²) in [5.41, 5.74) is 1.53. The number of carbonyl (C=O) groups is 1. The summed E-state index contributed by atoms with van der Waals surface area (Å²) in [7, 11) is 0. The van der Waals surface area contributed by atoms with Crippen LogP contribution in [-0.2, 0) is 0 Å². The number of ether oxygens (including phenoxy) is 1. The lowest BCUT2D eigenvalue weighted by atomic mass is 10.2. The number of likely N-dealkylation sites (N-methyl/N-ethyl adjacent to an activating group) is 1. The van der Waals surface area contributed by atoms with Crippen molar-refractivity contribution in [3.05, 3.63) is 52.5 Å². The van der Waals surface area contributed by atoms with Crippen molar-refractivity contribution < 1.29 is 9.53 Å². The predicted octanol–water partition coefficient (Wildman–Crippen LogP) is 5.83. The SMILES string of the molecule is CCN(CC)CCN(C(=O)c1ccc(OC(C)C)cc1)c1nc2ccc(Br)cc2s1. The molecule has 7 heteroatoms. The van der Waals surface area contributed by atoms with Crippen LogP contribution in [0.3, 0.4) is 0 Å². The third-order valence-electron chi connectivity index (χ3n) is 4.82. The zero-order valence-corrected chi connectivity index (χ0v) is 20.3. The van der Waals surface area contributed by atoms with Crippen LogP contribution in [0.15, 0.2) is 46.9 Å². The van der Waals surface area contributed by atoms with E-state index in [-0.39, 0.29) is 12.0 Å². The number of hydrogen-bond donors (Lipinski definition) is 0. The zero-order chi connectivity index (χ0) is 21.7. The molecule has 0 aliphatic carbocycles. The smallest absolute Gasteiger partial charge is 0.260 e. The monoisotopic (exact) mass is 489 g/mol. The molecule has 1 aromatic heterocycles. The molecule has 0 unspecified atom stereocenters. The van der Waals surface area contributed by atoms with E-state index in [9.17, 15) is 4.79 Å². The van der Waals surface area contributed by atoms with Gasteiger partial charge < -0.3 is 9.64 Å². The van der Waals surface area contributed by atoms with E-state index < -0.39 is 0 Å². The highest BCUT2D eigenvalue weighted by atomic mass is 79.9. The molecule has 0 atom stereocenters. The van der Waals surface area contributed by atoms with Gasteiger partial charge >= 0.3 is 0 Å². The quantitative estimate of drug-likeness (QED) is 0.379. The van der Waals surface area contributed by atoms with Gasteiger partial charge in [-0.2, -0.15) is 0 Å². The summed E-state index contributed by atoms with van der Waals surface area (Å²) in [6.07, 6.45) is 0.0965. The maximum atomic E-state index is 13.4. The van der Waals surface area contributed by atoms with Gasteiger partial charge in [-0.15, -0.1) is 0 Å². The summed E-state index contributed by atoms with van der Waals surface area (Å²) in [5, 5.41) is 0.725. The summed E-state index contributed by atoms with van der Waals surface area (Å²) >= 11 is 5.06. The Hall–Kier alpha value is -1.96. The van der Waals surface area contributed by atoms with Crippen molar-refractivity contribution >= 4 is 48.5 Å². The number of benzene rings is 2. The lowest BCUT2D eigenvalue weighted by molar-refractivity contribution is 0.0983. The van der Waals surface area contributed by atoms with Crippen LogP contribution >= 0.6 is 27.3 Å². The van der Waals surface area contributed by atoms with E-state index in [1.165, 1.54) is 0 Å². The highest BCUT2D eigenvalue weighted by Crippen LogP contribution is 2.31. The Morgan fingerprint density at radius 1 is 1.10 bits per heavy atom. The van der Waals surface area contributed by atoms with E-state index in [0.29, 0.717) is 12.1 Å². The Bertz CT molecular complexity index is 984. The molecule has 0 radical (unpaired) electrons. The molecule has 160 valence electrons. The number of nitrogens with zero attached hydrogens (tertiary/aromatic N) is 3. The average molecular weight is 490 g/mol. The number of amides is 1. The first-order valence-electron chi connectivity index (χ1n) is 10.3. The fraction of sp³-hybridized carbons (Fsp3) is 0.391. The number of hydrogen-bond acceptors (Lipinski definition) is 5. The van der Waals surface area contributed by atoms with E-state index in [4.69, 9.17) is 9.72 Å². The number of fused-ring (bicyclic) bond motifs is 1. The molecule has 0 aliphatic heterocycles. The van der Waals surface area contributed by atoms with E-state index in [2.05, 4.69) is 34.7 Å². The van der Waals surface area contributed by atoms with Crippen LogP contribution < -0.4 is 9.64 Å². The van der Waals surface area contributed by atoms with Gasteiger partial charge in [-0.25, -0.2) is 4.98 Å². The molecule has 0 bridgehead atoms. The van der Waals surface area contributed by atoms with Crippen LogP contribution in [0.5, 0.6) is 5.75 Å². The Labute approximate surface area is 190 Å². The van der Waals surface area contributed by atoms with Gasteiger partial charge in [0.05, 0.1) is 16.3 Å². The zero-order valence-electron chi connectivity index (χ0n) is 17.9. The van der Waals surface area contributed by atoms with E-state index in [1.807, 2.05) is 56.3 Å². The van der Waals surface area contributed by atoms with Crippen molar-refractivity contribution in [2.45, 2.75) is 33.8 Å². The molecule has 0 saturated heterocycles. The number of carbonyl (C=O) groups excluding carboxylic acids is 1. The molecule has 0 spiro atoms. The van der Waals surface area contributed by atoms with Crippen LogP contribution in [-0.4, -0.2) is 48.1 Å². The Kier molecular flexibility index (Phi) is 7.86. The number of halogens is 1. The van der Waals surface area contributed by atoms with Crippen LogP contribution in [0, 0.1) is 0 Å². The molecule has 1 amide bonds. The maximum absolute atomic E-state index is 13.4. The Morgan fingerprint density at radius 3 is 2.43 bits per heavy atom. The third kappa shape index (κ3) is 5.59. The van der Waals surface area contributed by atoms with E-state index >= 15 is 0 Å². The number of rotatable bonds is 9.